The van der Waals surface area contributed by atoms with E-state index in [1.807, 2.05) is 31.2 Å². The van der Waals surface area contributed by atoms with E-state index < -0.39 is 81.6 Å². The lowest BCUT2D eigenvalue weighted by molar-refractivity contribution is -0.144. The molecular formula is C47H51ClF4N8O8S2. The number of nitriles is 1. The average molecular weight is 1030 g/mol. The zero-order chi connectivity index (χ0) is 51.3. The van der Waals surface area contributed by atoms with Gasteiger partial charge < -0.3 is 39.8 Å². The van der Waals surface area contributed by atoms with Crippen molar-refractivity contribution in [3.63, 3.8) is 0 Å². The van der Waals surface area contributed by atoms with Crippen molar-refractivity contribution in [1.29, 1.82) is 5.26 Å². The number of aryl methyl sites for hydroxylation is 1. The number of β-amino-alcohol motifs (C(OH)–C–C–N with tert-alkyl or cyclic N) is 1. The number of amides is 4. The normalized spacial score (nSPS) is 17.4. The van der Waals surface area contributed by atoms with Crippen LogP contribution in [0.1, 0.15) is 69.8 Å². The van der Waals surface area contributed by atoms with Crippen molar-refractivity contribution >= 4 is 75.3 Å². The number of pyridine rings is 1. The first-order valence-electron chi connectivity index (χ1n) is 21.9. The number of thiazole rings is 1. The van der Waals surface area contributed by atoms with Crippen LogP contribution in [0, 0.1) is 29.5 Å². The van der Waals surface area contributed by atoms with Gasteiger partial charge >= 0.3 is 6.18 Å². The maximum Gasteiger partial charge on any atom is 0.420 e. The minimum atomic E-state index is -5.23. The number of aromatic nitrogens is 2. The largest absolute Gasteiger partial charge is 0.478 e. The highest BCUT2D eigenvalue weighted by Crippen LogP contribution is 2.43. The molecule has 2 aromatic carbocycles. The van der Waals surface area contributed by atoms with Crippen molar-refractivity contribution in [3.8, 4) is 22.4 Å². The van der Waals surface area contributed by atoms with Gasteiger partial charge in [-0.3, -0.25) is 24.1 Å². The monoisotopic (exact) mass is 1030 g/mol. The summed E-state index contributed by atoms with van der Waals surface area (Å²) in [6.07, 6.45) is -4.46. The Morgan fingerprint density at radius 1 is 1.06 bits per heavy atom. The van der Waals surface area contributed by atoms with Crippen molar-refractivity contribution in [2.24, 2.45) is 5.41 Å². The van der Waals surface area contributed by atoms with E-state index in [0.717, 1.165) is 33.8 Å². The predicted octanol–water partition coefficient (Wildman–Crippen LogP) is 6.72. The van der Waals surface area contributed by atoms with Gasteiger partial charge in [0.05, 0.1) is 76.2 Å². The molecule has 2 fully saturated rings. The Kier molecular flexibility index (Phi) is 16.9. The number of nitrogens with one attached hydrogen (secondary N) is 2. The number of ether oxygens (including phenoxy) is 3. The number of carbonyl (C=O) groups excluding carboxylic acids is 4. The third kappa shape index (κ3) is 12.0. The average Bonchev–Trinajstić information content (AvgIpc) is 3.96. The molecule has 4 aromatic rings. The summed E-state index contributed by atoms with van der Waals surface area (Å²) >= 11 is 13.6. The van der Waals surface area contributed by atoms with E-state index in [0.29, 0.717) is 11.3 Å². The second kappa shape index (κ2) is 22.1. The van der Waals surface area contributed by atoms with Crippen molar-refractivity contribution in [2.45, 2.75) is 90.8 Å². The Morgan fingerprint density at radius 3 is 2.39 bits per heavy atom. The van der Waals surface area contributed by atoms with Crippen molar-refractivity contribution < 1.29 is 56.1 Å². The van der Waals surface area contributed by atoms with Crippen LogP contribution in [-0.4, -0.2) is 112 Å². The number of alkyl halides is 3. The highest BCUT2D eigenvalue weighted by molar-refractivity contribution is 7.81. The lowest BCUT2D eigenvalue weighted by Crippen LogP contribution is -2.58. The van der Waals surface area contributed by atoms with Gasteiger partial charge in [-0.15, -0.1) is 11.3 Å². The van der Waals surface area contributed by atoms with Crippen molar-refractivity contribution in [3.05, 3.63) is 87.4 Å². The fourth-order valence-corrected chi connectivity index (χ4v) is 9.42. The summed E-state index contributed by atoms with van der Waals surface area (Å²) in [6.45, 7) is 10.4. The Hall–Kier alpha value is -5.83. The minimum Gasteiger partial charge on any atom is -0.478 e. The molecule has 374 valence electrons. The van der Waals surface area contributed by atoms with Crippen LogP contribution in [0.2, 0.25) is 5.02 Å². The highest BCUT2D eigenvalue weighted by Gasteiger charge is 2.53. The molecule has 23 heteroatoms. The quantitative estimate of drug-likeness (QED) is 0.0540. The molecule has 2 saturated heterocycles. The van der Waals surface area contributed by atoms with Crippen LogP contribution in [0.4, 0.5) is 28.9 Å². The van der Waals surface area contributed by atoms with E-state index in [2.05, 4.69) is 20.6 Å². The number of aliphatic hydroxyl groups excluding tert-OH is 1. The van der Waals surface area contributed by atoms with E-state index >= 15 is 4.39 Å². The molecule has 3 atom stereocenters. The van der Waals surface area contributed by atoms with E-state index in [4.69, 9.17) is 43.3 Å². The third-order valence-electron chi connectivity index (χ3n) is 11.5. The van der Waals surface area contributed by atoms with Gasteiger partial charge in [0.2, 0.25) is 23.6 Å². The molecule has 0 bridgehead atoms. The molecule has 0 aliphatic carbocycles. The SMILES string of the molecule is Cc1ncsc1-c1ccc(CNC(=O)[C@@H]2C[C@@H](O)CN2C(=O)[C@@H](NC(=O)COCCOCCCOc2cc(Cl)c(N3C(=S)N(c4ccc(C#N)c(C(F)(F)F)c4F)C(=O)C3(C)C)cn2)C(C)(C)C)cc1. The van der Waals surface area contributed by atoms with Gasteiger partial charge in [-0.05, 0) is 61.7 Å². The molecule has 6 rings (SSSR count). The van der Waals surface area contributed by atoms with Gasteiger partial charge in [-0.2, -0.15) is 18.4 Å². The molecule has 16 nitrogen and oxygen atoms in total. The predicted molar refractivity (Wildman–Crippen MR) is 255 cm³/mol. The molecule has 2 aliphatic heterocycles. The van der Waals surface area contributed by atoms with Crippen molar-refractivity contribution in [1.82, 2.24) is 25.5 Å². The highest BCUT2D eigenvalue weighted by atomic mass is 35.5. The minimum absolute atomic E-state index is 0.0144. The summed E-state index contributed by atoms with van der Waals surface area (Å²) in [7, 11) is 0. The number of hydrogen-bond acceptors (Lipinski definition) is 13. The van der Waals surface area contributed by atoms with Crippen LogP contribution in [0.25, 0.3) is 10.4 Å². The summed E-state index contributed by atoms with van der Waals surface area (Å²) in [5, 5.41) is 25.0. The third-order valence-corrected chi connectivity index (χ3v) is 13.1. The van der Waals surface area contributed by atoms with Gasteiger partial charge in [0.1, 0.15) is 29.8 Å². The molecule has 4 heterocycles. The molecular weight excluding hydrogens is 980 g/mol. The van der Waals surface area contributed by atoms with Crippen LogP contribution < -0.4 is 25.2 Å². The standard InChI is InChI=1S/C47H51ClF4N8O8S2/c1-26-39(70-25-56-26)28-10-8-27(9-11-28)21-55-41(63)33-18-30(61)23-58(33)42(64)40(45(2,3)4)57-35(62)24-67-17-16-66-14-7-15-68-36-19-31(48)34(22-54-36)60-44(69)59(43(65)46(60,5)6)32-13-12-29(20-53)37(38(32)49)47(50,51)52/h8-13,19,22,25,30,33,40,61H,7,14-18,21,23-24H2,1-6H3,(H,55,63)(H,57,62)/t30-,33+,40-/m1/s1. The zero-order valence-electron chi connectivity index (χ0n) is 39.0. The summed E-state index contributed by atoms with van der Waals surface area (Å²) in [6, 6.07) is 10.1. The van der Waals surface area contributed by atoms with Crippen LogP contribution in [0.5, 0.6) is 5.88 Å². The number of halogens is 5. The number of benzene rings is 2. The van der Waals surface area contributed by atoms with Gasteiger partial charge in [0.25, 0.3) is 5.91 Å². The first-order valence-corrected chi connectivity index (χ1v) is 23.6. The first kappa shape index (κ1) is 53.5. The number of thiocarbonyl (C=S) groups is 1. The molecule has 2 aliphatic rings. The number of hydrogen-bond donors (Lipinski definition) is 3. The molecule has 70 heavy (non-hydrogen) atoms. The van der Waals surface area contributed by atoms with E-state index in [1.54, 1.807) is 37.6 Å². The molecule has 0 unspecified atom stereocenters. The second-order valence-corrected chi connectivity index (χ2v) is 19.7. The second-order valence-electron chi connectivity index (χ2n) is 18.0. The van der Waals surface area contributed by atoms with Crippen molar-refractivity contribution in [2.75, 3.05) is 49.4 Å². The van der Waals surface area contributed by atoms with Gasteiger partial charge in [0, 0.05) is 38.6 Å². The van der Waals surface area contributed by atoms with Gasteiger partial charge in [-0.25, -0.2) is 14.4 Å². The summed E-state index contributed by atoms with van der Waals surface area (Å²) in [5.41, 5.74) is -1.18. The Balaban J connectivity index is 0.923. The number of likely N-dealkylation sites (tertiary alicyclic amines) is 1. The Labute approximate surface area is 415 Å². The maximum atomic E-state index is 15.4. The van der Waals surface area contributed by atoms with E-state index in [1.165, 1.54) is 42.0 Å². The van der Waals surface area contributed by atoms with Crippen LogP contribution >= 0.6 is 35.2 Å². The maximum absolute atomic E-state index is 15.4. The topological polar surface area (TPSA) is 200 Å². The first-order chi connectivity index (χ1) is 32.9. The van der Waals surface area contributed by atoms with Crippen LogP contribution in [-0.2, 0) is 41.4 Å². The molecule has 0 radical (unpaired) electrons. The van der Waals surface area contributed by atoms with E-state index in [-0.39, 0.29) is 74.2 Å². The lowest BCUT2D eigenvalue weighted by Gasteiger charge is -2.35. The fraction of sp³-hybridized carbons (Fsp3) is 0.447. The van der Waals surface area contributed by atoms with Gasteiger partial charge in [0.15, 0.2) is 10.9 Å². The molecule has 0 spiro atoms. The molecule has 0 saturated carbocycles. The molecule has 4 amide bonds. The molecule has 3 N–H and O–H groups in total. The Bertz CT molecular complexity index is 2660. The lowest BCUT2D eigenvalue weighted by atomic mass is 9.85. The van der Waals surface area contributed by atoms with Crippen LogP contribution in [0.3, 0.4) is 0 Å². The van der Waals surface area contributed by atoms with Crippen LogP contribution in [0.15, 0.2) is 54.2 Å². The number of rotatable bonds is 18. The number of carbonyl (C=O) groups is 4. The summed E-state index contributed by atoms with van der Waals surface area (Å²) < 4.78 is 73.4. The number of anilines is 2. The number of nitrogens with zero attached hydrogens (tertiary/aromatic N) is 6. The fourth-order valence-electron chi connectivity index (χ4n) is 7.87. The summed E-state index contributed by atoms with van der Waals surface area (Å²) in [4.78, 5) is 66.7. The number of aliphatic hydroxyl groups is 1. The Morgan fingerprint density at radius 2 is 1.76 bits per heavy atom. The summed E-state index contributed by atoms with van der Waals surface area (Å²) in [5.74, 6) is -4.07. The zero-order valence-corrected chi connectivity index (χ0v) is 41.4. The smallest absolute Gasteiger partial charge is 0.420 e. The molecule has 2 aromatic heterocycles. The van der Waals surface area contributed by atoms with E-state index in [9.17, 15) is 37.5 Å². The van der Waals surface area contributed by atoms with Gasteiger partial charge in [-0.1, -0.05) is 56.6 Å².